The number of aliphatic hydroxyl groups is 1. The molecule has 0 aliphatic heterocycles. The van der Waals surface area contributed by atoms with Gasteiger partial charge < -0.3 is 19.9 Å². The molecular formula is C16H27NO3. The Kier molecular flexibility index (Phi) is 8.26. The van der Waals surface area contributed by atoms with Gasteiger partial charge >= 0.3 is 0 Å². The molecule has 0 saturated heterocycles. The molecule has 2 N–H and O–H groups in total. The summed E-state index contributed by atoms with van der Waals surface area (Å²) in [5.74, 6) is 1.45. The Morgan fingerprint density at radius 1 is 1.10 bits per heavy atom. The third kappa shape index (κ3) is 6.89. The third-order valence-electron chi connectivity index (χ3n) is 2.90. The van der Waals surface area contributed by atoms with Crippen LogP contribution in [0.25, 0.3) is 0 Å². The van der Waals surface area contributed by atoms with E-state index in [1.165, 1.54) is 5.56 Å². The first kappa shape index (κ1) is 17.0. The third-order valence-corrected chi connectivity index (χ3v) is 2.90. The van der Waals surface area contributed by atoms with Crippen LogP contribution in [0.2, 0.25) is 0 Å². The van der Waals surface area contributed by atoms with Crippen molar-refractivity contribution in [2.75, 3.05) is 33.0 Å². The highest BCUT2D eigenvalue weighted by atomic mass is 16.5. The average Bonchev–Trinajstić information content (AvgIpc) is 2.45. The van der Waals surface area contributed by atoms with Crippen LogP contribution in [0.4, 0.5) is 0 Å². The SMILES string of the molecule is CC(C)COc1ccc(C(C)NCCOCCO)cc1. The Hall–Kier alpha value is -1.10. The van der Waals surface area contributed by atoms with Crippen molar-refractivity contribution < 1.29 is 14.6 Å². The van der Waals surface area contributed by atoms with Gasteiger partial charge in [0.25, 0.3) is 0 Å². The van der Waals surface area contributed by atoms with E-state index in [0.717, 1.165) is 18.9 Å². The fraction of sp³-hybridized carbons (Fsp3) is 0.625. The van der Waals surface area contributed by atoms with E-state index >= 15 is 0 Å². The molecule has 20 heavy (non-hydrogen) atoms. The van der Waals surface area contributed by atoms with Crippen LogP contribution in [-0.4, -0.2) is 38.1 Å². The number of nitrogens with one attached hydrogen (secondary N) is 1. The highest BCUT2D eigenvalue weighted by Crippen LogP contribution is 2.17. The van der Waals surface area contributed by atoms with Crippen LogP contribution in [0.5, 0.6) is 5.75 Å². The zero-order valence-electron chi connectivity index (χ0n) is 12.8. The summed E-state index contributed by atoms with van der Waals surface area (Å²) in [6.07, 6.45) is 0. The van der Waals surface area contributed by atoms with Gasteiger partial charge in [-0.25, -0.2) is 0 Å². The number of hydrogen-bond acceptors (Lipinski definition) is 4. The minimum atomic E-state index is 0.0768. The summed E-state index contributed by atoms with van der Waals surface area (Å²) in [4.78, 5) is 0. The van der Waals surface area contributed by atoms with Gasteiger partial charge in [0.15, 0.2) is 0 Å². The minimum Gasteiger partial charge on any atom is -0.493 e. The monoisotopic (exact) mass is 281 g/mol. The fourth-order valence-corrected chi connectivity index (χ4v) is 1.75. The quantitative estimate of drug-likeness (QED) is 0.647. The van der Waals surface area contributed by atoms with Crippen molar-refractivity contribution in [2.24, 2.45) is 5.92 Å². The molecule has 1 atom stereocenters. The summed E-state index contributed by atoms with van der Waals surface area (Å²) in [5, 5.41) is 12.0. The van der Waals surface area contributed by atoms with E-state index in [-0.39, 0.29) is 12.6 Å². The Morgan fingerprint density at radius 2 is 1.80 bits per heavy atom. The molecule has 1 rings (SSSR count). The zero-order chi connectivity index (χ0) is 14.8. The molecule has 0 aromatic heterocycles. The second kappa shape index (κ2) is 9.75. The summed E-state index contributed by atoms with van der Waals surface area (Å²) in [5.41, 5.74) is 1.23. The Labute approximate surface area is 122 Å². The fourth-order valence-electron chi connectivity index (χ4n) is 1.75. The van der Waals surface area contributed by atoms with Crippen molar-refractivity contribution in [2.45, 2.75) is 26.8 Å². The second-order valence-corrected chi connectivity index (χ2v) is 5.29. The summed E-state index contributed by atoms with van der Waals surface area (Å²) >= 11 is 0. The van der Waals surface area contributed by atoms with Gasteiger partial charge in [0.05, 0.1) is 26.4 Å². The van der Waals surface area contributed by atoms with Crippen molar-refractivity contribution in [3.05, 3.63) is 29.8 Å². The molecule has 0 amide bonds. The first-order chi connectivity index (χ1) is 9.63. The lowest BCUT2D eigenvalue weighted by molar-refractivity contribution is 0.0928. The van der Waals surface area contributed by atoms with Crippen LogP contribution >= 0.6 is 0 Å². The molecule has 0 saturated carbocycles. The van der Waals surface area contributed by atoms with Gasteiger partial charge in [0, 0.05) is 12.6 Å². The van der Waals surface area contributed by atoms with E-state index in [0.29, 0.717) is 19.1 Å². The molecule has 0 fully saturated rings. The van der Waals surface area contributed by atoms with Gasteiger partial charge in [-0.15, -0.1) is 0 Å². The first-order valence-corrected chi connectivity index (χ1v) is 7.28. The van der Waals surface area contributed by atoms with E-state index in [1.807, 2.05) is 12.1 Å². The summed E-state index contributed by atoms with van der Waals surface area (Å²) in [6, 6.07) is 8.46. The van der Waals surface area contributed by atoms with E-state index < -0.39 is 0 Å². The molecule has 0 bridgehead atoms. The molecule has 4 heteroatoms. The van der Waals surface area contributed by atoms with Crippen molar-refractivity contribution in [1.29, 1.82) is 0 Å². The van der Waals surface area contributed by atoms with Crippen molar-refractivity contribution in [3.63, 3.8) is 0 Å². The number of benzene rings is 1. The summed E-state index contributed by atoms with van der Waals surface area (Å²) < 4.78 is 10.9. The van der Waals surface area contributed by atoms with Crippen LogP contribution in [-0.2, 0) is 4.74 Å². The van der Waals surface area contributed by atoms with Crippen LogP contribution < -0.4 is 10.1 Å². The molecule has 0 heterocycles. The number of rotatable bonds is 10. The topological polar surface area (TPSA) is 50.7 Å². The van der Waals surface area contributed by atoms with Crippen LogP contribution in [0.1, 0.15) is 32.4 Å². The highest BCUT2D eigenvalue weighted by Gasteiger charge is 2.05. The summed E-state index contributed by atoms with van der Waals surface area (Å²) in [6.45, 7) is 9.00. The normalized spacial score (nSPS) is 12.7. The molecule has 1 aromatic rings. The van der Waals surface area contributed by atoms with Gasteiger partial charge in [-0.1, -0.05) is 26.0 Å². The van der Waals surface area contributed by atoms with E-state index in [9.17, 15) is 0 Å². The van der Waals surface area contributed by atoms with E-state index in [2.05, 4.69) is 38.2 Å². The van der Waals surface area contributed by atoms with Gasteiger partial charge in [0.2, 0.25) is 0 Å². The number of hydrogen-bond donors (Lipinski definition) is 2. The van der Waals surface area contributed by atoms with Gasteiger partial charge in [-0.3, -0.25) is 0 Å². The molecule has 114 valence electrons. The highest BCUT2D eigenvalue weighted by molar-refractivity contribution is 5.28. The van der Waals surface area contributed by atoms with E-state index in [1.54, 1.807) is 0 Å². The predicted octanol–water partition coefficient (Wildman–Crippen LogP) is 2.38. The molecule has 0 aliphatic rings. The molecule has 1 aromatic carbocycles. The van der Waals surface area contributed by atoms with Crippen LogP contribution in [0.3, 0.4) is 0 Å². The first-order valence-electron chi connectivity index (χ1n) is 7.28. The second-order valence-electron chi connectivity index (χ2n) is 5.29. The maximum Gasteiger partial charge on any atom is 0.119 e. The van der Waals surface area contributed by atoms with Crippen LogP contribution in [0.15, 0.2) is 24.3 Å². The number of ether oxygens (including phenoxy) is 2. The lowest BCUT2D eigenvalue weighted by Gasteiger charge is -2.15. The van der Waals surface area contributed by atoms with Gasteiger partial charge in [-0.05, 0) is 30.5 Å². The molecule has 0 spiro atoms. The van der Waals surface area contributed by atoms with E-state index in [4.69, 9.17) is 14.6 Å². The Bertz CT molecular complexity index is 351. The minimum absolute atomic E-state index is 0.0768. The lowest BCUT2D eigenvalue weighted by atomic mass is 10.1. The van der Waals surface area contributed by atoms with Gasteiger partial charge in [-0.2, -0.15) is 0 Å². The zero-order valence-corrected chi connectivity index (χ0v) is 12.8. The van der Waals surface area contributed by atoms with Crippen molar-refractivity contribution in [1.82, 2.24) is 5.32 Å². The van der Waals surface area contributed by atoms with Gasteiger partial charge in [0.1, 0.15) is 5.75 Å². The van der Waals surface area contributed by atoms with Crippen LogP contribution in [0, 0.1) is 5.92 Å². The smallest absolute Gasteiger partial charge is 0.119 e. The lowest BCUT2D eigenvalue weighted by Crippen LogP contribution is -2.23. The molecule has 1 unspecified atom stereocenters. The standard InChI is InChI=1S/C16H27NO3/c1-13(2)12-20-16-6-4-15(5-7-16)14(3)17-8-10-19-11-9-18/h4-7,13-14,17-18H,8-12H2,1-3H3. The maximum atomic E-state index is 8.60. The molecular weight excluding hydrogens is 254 g/mol. The predicted molar refractivity (Wildman–Crippen MR) is 81.1 cm³/mol. The number of aliphatic hydroxyl groups excluding tert-OH is 1. The Balaban J connectivity index is 2.31. The molecule has 4 nitrogen and oxygen atoms in total. The largest absolute Gasteiger partial charge is 0.493 e. The van der Waals surface area contributed by atoms with Crippen molar-refractivity contribution in [3.8, 4) is 5.75 Å². The Morgan fingerprint density at radius 3 is 2.40 bits per heavy atom. The summed E-state index contributed by atoms with van der Waals surface area (Å²) in [7, 11) is 0. The maximum absolute atomic E-state index is 8.60. The van der Waals surface area contributed by atoms with Crippen molar-refractivity contribution >= 4 is 0 Å². The molecule has 0 aliphatic carbocycles. The molecule has 0 radical (unpaired) electrons. The average molecular weight is 281 g/mol.